The second-order valence-corrected chi connectivity index (χ2v) is 7.59. The number of nitrogens with one attached hydrogen (secondary N) is 1. The van der Waals surface area contributed by atoms with E-state index in [4.69, 9.17) is 0 Å². The number of hydrogen-bond acceptors (Lipinski definition) is 3. The molecule has 5 nitrogen and oxygen atoms in total. The third-order valence-corrected chi connectivity index (χ3v) is 5.45. The number of carbonyl (C=O) groups is 1. The summed E-state index contributed by atoms with van der Waals surface area (Å²) in [7, 11) is 0. The van der Waals surface area contributed by atoms with Crippen LogP contribution in [0.4, 0.5) is 13.2 Å². The zero-order valence-electron chi connectivity index (χ0n) is 15.9. The smallest absolute Gasteiger partial charge is 0.339 e. The van der Waals surface area contributed by atoms with Gasteiger partial charge in [-0.2, -0.15) is 18.3 Å². The van der Waals surface area contributed by atoms with E-state index in [1.165, 1.54) is 25.0 Å². The van der Waals surface area contributed by atoms with Gasteiger partial charge in [-0.15, -0.1) is 12.4 Å². The van der Waals surface area contributed by atoms with Gasteiger partial charge in [0.2, 0.25) is 0 Å². The fourth-order valence-electron chi connectivity index (χ4n) is 3.62. The average molecular weight is 429 g/mol. The third kappa shape index (κ3) is 5.11. The summed E-state index contributed by atoms with van der Waals surface area (Å²) in [5.74, 6) is 0.675. The Morgan fingerprint density at radius 1 is 1.14 bits per heavy atom. The second-order valence-electron chi connectivity index (χ2n) is 7.59. The molecule has 1 aliphatic carbocycles. The molecule has 0 bridgehead atoms. The van der Waals surface area contributed by atoms with Crippen LogP contribution in [0.25, 0.3) is 5.69 Å². The Hall–Kier alpha value is -2.06. The van der Waals surface area contributed by atoms with Crippen molar-refractivity contribution in [2.45, 2.75) is 37.9 Å². The fourth-order valence-corrected chi connectivity index (χ4v) is 3.62. The summed E-state index contributed by atoms with van der Waals surface area (Å²) in [4.78, 5) is 14.6. The van der Waals surface area contributed by atoms with Crippen molar-refractivity contribution in [3.05, 3.63) is 47.8 Å². The molecule has 158 valence electrons. The van der Waals surface area contributed by atoms with Crippen molar-refractivity contribution in [3.63, 3.8) is 0 Å². The van der Waals surface area contributed by atoms with Gasteiger partial charge in [-0.25, -0.2) is 4.68 Å². The summed E-state index contributed by atoms with van der Waals surface area (Å²) in [6, 6.07) is 7.59. The van der Waals surface area contributed by atoms with Crippen LogP contribution in [-0.2, 0) is 6.18 Å². The van der Waals surface area contributed by atoms with E-state index in [-0.39, 0.29) is 24.0 Å². The molecule has 1 N–H and O–H groups in total. The van der Waals surface area contributed by atoms with Gasteiger partial charge >= 0.3 is 6.18 Å². The highest BCUT2D eigenvalue weighted by Gasteiger charge is 2.35. The number of benzene rings is 1. The first-order valence-corrected chi connectivity index (χ1v) is 9.66. The van der Waals surface area contributed by atoms with E-state index >= 15 is 0 Å². The molecule has 2 aromatic rings. The maximum absolute atomic E-state index is 13.1. The van der Waals surface area contributed by atoms with Gasteiger partial charge in [-0.05, 0) is 62.4 Å². The van der Waals surface area contributed by atoms with E-state index in [1.54, 1.807) is 17.0 Å². The molecule has 4 rings (SSSR count). The highest BCUT2D eigenvalue weighted by molar-refractivity contribution is 5.94. The summed E-state index contributed by atoms with van der Waals surface area (Å²) < 4.78 is 40.2. The monoisotopic (exact) mass is 428 g/mol. The Balaban J connectivity index is 0.00000240. The molecule has 2 heterocycles. The Kier molecular flexibility index (Phi) is 6.53. The quantitative estimate of drug-likeness (QED) is 0.785. The molecule has 2 fully saturated rings. The number of alkyl halides is 3. The van der Waals surface area contributed by atoms with Gasteiger partial charge in [0, 0.05) is 24.7 Å². The summed E-state index contributed by atoms with van der Waals surface area (Å²) in [6.07, 6.45) is 1.02. The van der Waals surface area contributed by atoms with Gasteiger partial charge in [-0.3, -0.25) is 4.79 Å². The van der Waals surface area contributed by atoms with Crippen molar-refractivity contribution in [1.82, 2.24) is 20.0 Å². The first kappa shape index (κ1) is 21.6. The van der Waals surface area contributed by atoms with Gasteiger partial charge in [0.05, 0.1) is 11.9 Å². The maximum Gasteiger partial charge on any atom is 0.433 e. The van der Waals surface area contributed by atoms with Crippen LogP contribution < -0.4 is 5.32 Å². The molecule has 1 saturated carbocycles. The molecular weight excluding hydrogens is 405 g/mol. The van der Waals surface area contributed by atoms with Crippen LogP contribution >= 0.6 is 12.4 Å². The Bertz CT molecular complexity index is 842. The van der Waals surface area contributed by atoms with Crippen LogP contribution in [0.15, 0.2) is 36.5 Å². The molecular formula is C20H24ClF3N4O. The number of hydrogen-bond donors (Lipinski definition) is 1. The Morgan fingerprint density at radius 2 is 1.86 bits per heavy atom. The molecule has 0 spiro atoms. The number of likely N-dealkylation sites (tertiary alicyclic amines) is 1. The summed E-state index contributed by atoms with van der Waals surface area (Å²) in [6.45, 7) is 2.37. The van der Waals surface area contributed by atoms with Crippen LogP contribution in [-0.4, -0.2) is 46.3 Å². The van der Waals surface area contributed by atoms with Crippen molar-refractivity contribution in [2.24, 2.45) is 5.92 Å². The Morgan fingerprint density at radius 3 is 2.52 bits per heavy atom. The summed E-state index contributed by atoms with van der Waals surface area (Å²) in [5, 5.41) is 7.35. The first-order valence-electron chi connectivity index (χ1n) is 9.66. The number of piperidine rings is 1. The van der Waals surface area contributed by atoms with Crippen LogP contribution in [0.3, 0.4) is 0 Å². The van der Waals surface area contributed by atoms with Crippen molar-refractivity contribution in [2.75, 3.05) is 19.6 Å². The molecule has 1 saturated heterocycles. The van der Waals surface area contributed by atoms with Crippen molar-refractivity contribution in [3.8, 4) is 5.69 Å². The van der Waals surface area contributed by atoms with E-state index in [9.17, 15) is 18.0 Å². The minimum absolute atomic E-state index is 0. The average Bonchev–Trinajstić information content (AvgIpc) is 3.38. The molecule has 1 aromatic heterocycles. The van der Waals surface area contributed by atoms with Crippen LogP contribution in [0.2, 0.25) is 0 Å². The van der Waals surface area contributed by atoms with Crippen LogP contribution in [0.5, 0.6) is 0 Å². The van der Waals surface area contributed by atoms with Gasteiger partial charge in [-0.1, -0.05) is 6.07 Å². The molecule has 0 atom stereocenters. The topological polar surface area (TPSA) is 50.2 Å². The third-order valence-electron chi connectivity index (χ3n) is 5.45. The van der Waals surface area contributed by atoms with Crippen LogP contribution in [0.1, 0.15) is 41.7 Å². The zero-order valence-corrected chi connectivity index (χ0v) is 16.7. The fraction of sp³-hybridized carbons (Fsp3) is 0.500. The number of halogens is 4. The molecule has 1 aliphatic heterocycles. The number of carbonyl (C=O) groups excluding carboxylic acids is 1. The van der Waals surface area contributed by atoms with Crippen LogP contribution in [0, 0.1) is 5.92 Å². The second kappa shape index (κ2) is 8.75. The largest absolute Gasteiger partial charge is 0.433 e. The molecule has 2 aliphatic rings. The zero-order chi connectivity index (χ0) is 19.7. The molecule has 0 unspecified atom stereocenters. The normalized spacial score (nSPS) is 17.8. The number of nitrogens with zero attached hydrogens (tertiary/aromatic N) is 3. The van der Waals surface area contributed by atoms with E-state index in [0.29, 0.717) is 24.7 Å². The summed E-state index contributed by atoms with van der Waals surface area (Å²) in [5.41, 5.74) is -0.255. The number of rotatable bonds is 5. The highest BCUT2D eigenvalue weighted by Crippen LogP contribution is 2.31. The van der Waals surface area contributed by atoms with Crippen molar-refractivity contribution >= 4 is 18.3 Å². The van der Waals surface area contributed by atoms with Crippen molar-refractivity contribution < 1.29 is 18.0 Å². The molecule has 0 radical (unpaired) electrons. The predicted octanol–water partition coefficient (Wildman–Crippen LogP) is 3.92. The minimum Gasteiger partial charge on any atom is -0.339 e. The summed E-state index contributed by atoms with van der Waals surface area (Å²) >= 11 is 0. The number of aromatic nitrogens is 2. The molecule has 1 aromatic carbocycles. The maximum atomic E-state index is 13.1. The van der Waals surface area contributed by atoms with E-state index < -0.39 is 11.9 Å². The molecule has 9 heteroatoms. The SMILES string of the molecule is Cl.O=C(c1cccc(-n2nccc2C(F)(F)F)c1)N1CCC(NCC2CC2)CC1. The van der Waals surface area contributed by atoms with E-state index in [2.05, 4.69) is 10.4 Å². The van der Waals surface area contributed by atoms with Gasteiger partial charge in [0.25, 0.3) is 5.91 Å². The first-order chi connectivity index (χ1) is 13.4. The molecule has 1 amide bonds. The Labute approximate surface area is 173 Å². The lowest BCUT2D eigenvalue weighted by Crippen LogP contribution is -2.45. The lowest BCUT2D eigenvalue weighted by atomic mass is 10.0. The lowest BCUT2D eigenvalue weighted by molar-refractivity contribution is -0.142. The molecule has 29 heavy (non-hydrogen) atoms. The predicted molar refractivity (Wildman–Crippen MR) is 105 cm³/mol. The number of amides is 1. The minimum atomic E-state index is -4.51. The van der Waals surface area contributed by atoms with Gasteiger partial charge in [0.1, 0.15) is 5.69 Å². The van der Waals surface area contributed by atoms with E-state index in [1.807, 2.05) is 0 Å². The van der Waals surface area contributed by atoms with Gasteiger partial charge in [0.15, 0.2) is 0 Å². The lowest BCUT2D eigenvalue weighted by Gasteiger charge is -2.32. The standard InChI is InChI=1S/C20H23F3N4O.ClH/c21-20(22,23)18-6-9-25-27(18)17-3-1-2-15(12-17)19(28)26-10-7-16(8-11-26)24-13-14-4-5-14;/h1-3,6,9,12,14,16,24H,4-5,7-8,10-11,13H2;1H. The van der Waals surface area contributed by atoms with Crippen molar-refractivity contribution in [1.29, 1.82) is 0 Å². The highest BCUT2D eigenvalue weighted by atomic mass is 35.5. The van der Waals surface area contributed by atoms with E-state index in [0.717, 1.165) is 42.2 Å². The van der Waals surface area contributed by atoms with Gasteiger partial charge < -0.3 is 10.2 Å².